The molecule has 1 unspecified atom stereocenters. The van der Waals surface area contributed by atoms with Gasteiger partial charge in [0.05, 0.1) is 13.0 Å². The number of carboxylic acid groups (broad SMARTS) is 1. The highest BCUT2D eigenvalue weighted by Gasteiger charge is 2.41. The lowest BCUT2D eigenvalue weighted by Crippen LogP contribution is -2.57. The van der Waals surface area contributed by atoms with Crippen LogP contribution in [-0.4, -0.2) is 58.4 Å². The maximum atomic E-state index is 11.9. The Labute approximate surface area is 92.8 Å². The number of amides is 2. The van der Waals surface area contributed by atoms with E-state index < -0.39 is 5.97 Å². The van der Waals surface area contributed by atoms with Crippen LogP contribution in [0.25, 0.3) is 0 Å². The molecule has 2 aliphatic heterocycles. The average molecular weight is 226 g/mol. The lowest BCUT2D eigenvalue weighted by atomic mass is 10.1. The van der Waals surface area contributed by atoms with Crippen LogP contribution in [0.3, 0.4) is 0 Å². The second-order valence-electron chi connectivity index (χ2n) is 4.15. The van der Waals surface area contributed by atoms with Gasteiger partial charge in [0.25, 0.3) is 0 Å². The summed E-state index contributed by atoms with van der Waals surface area (Å²) in [6.07, 6.45) is 1.45. The molecule has 16 heavy (non-hydrogen) atoms. The fraction of sp³-hybridized carbons (Fsp3) is 0.700. The van der Waals surface area contributed by atoms with Crippen LogP contribution in [0.5, 0.6) is 0 Å². The summed E-state index contributed by atoms with van der Waals surface area (Å²) in [7, 11) is 0. The van der Waals surface area contributed by atoms with E-state index in [1.807, 2.05) is 0 Å². The van der Waals surface area contributed by atoms with Gasteiger partial charge in [-0.1, -0.05) is 0 Å². The third-order valence-electron chi connectivity index (χ3n) is 3.09. The van der Waals surface area contributed by atoms with Gasteiger partial charge in [0.1, 0.15) is 6.04 Å². The van der Waals surface area contributed by atoms with E-state index in [0.717, 1.165) is 6.42 Å². The minimum Gasteiger partial charge on any atom is -0.481 e. The molecule has 2 rings (SSSR count). The first-order valence-electron chi connectivity index (χ1n) is 5.39. The van der Waals surface area contributed by atoms with E-state index in [1.54, 1.807) is 4.90 Å². The maximum Gasteiger partial charge on any atom is 0.305 e. The molecule has 0 saturated carbocycles. The first-order valence-corrected chi connectivity index (χ1v) is 5.39. The van der Waals surface area contributed by atoms with Crippen LogP contribution in [0.1, 0.15) is 19.3 Å². The van der Waals surface area contributed by atoms with E-state index in [1.165, 1.54) is 4.90 Å². The highest BCUT2D eigenvalue weighted by molar-refractivity contribution is 5.95. The van der Waals surface area contributed by atoms with E-state index >= 15 is 0 Å². The van der Waals surface area contributed by atoms with Gasteiger partial charge < -0.3 is 14.9 Å². The van der Waals surface area contributed by atoms with Crippen molar-refractivity contribution in [1.29, 1.82) is 0 Å². The Kier molecular flexibility index (Phi) is 2.80. The topological polar surface area (TPSA) is 77.9 Å². The quantitative estimate of drug-likeness (QED) is 0.690. The number of fused-ring (bicyclic) bond motifs is 1. The first-order chi connectivity index (χ1) is 7.59. The monoisotopic (exact) mass is 226 g/mol. The molecule has 1 atom stereocenters. The minimum atomic E-state index is -0.950. The molecule has 0 aromatic carbocycles. The number of carbonyl (C=O) groups excluding carboxylic acids is 2. The predicted octanol–water partition coefficient (Wildman–Crippen LogP) is -0.706. The average Bonchev–Trinajstić information content (AvgIpc) is 2.70. The summed E-state index contributed by atoms with van der Waals surface area (Å²) < 4.78 is 0. The highest BCUT2D eigenvalue weighted by Crippen LogP contribution is 2.23. The SMILES string of the molecule is O=C(O)CCN1CC(=O)N2CCCC2C1=O. The van der Waals surface area contributed by atoms with Crippen LogP contribution < -0.4 is 0 Å². The largest absolute Gasteiger partial charge is 0.481 e. The molecular weight excluding hydrogens is 212 g/mol. The summed E-state index contributed by atoms with van der Waals surface area (Å²) in [6, 6.07) is -0.338. The number of carbonyl (C=O) groups is 3. The van der Waals surface area contributed by atoms with Gasteiger partial charge in [-0.05, 0) is 12.8 Å². The third-order valence-corrected chi connectivity index (χ3v) is 3.09. The molecule has 0 aromatic rings. The Morgan fingerprint density at radius 3 is 2.88 bits per heavy atom. The molecule has 2 fully saturated rings. The van der Waals surface area contributed by atoms with Crippen LogP contribution in [-0.2, 0) is 14.4 Å². The Morgan fingerprint density at radius 1 is 1.44 bits per heavy atom. The van der Waals surface area contributed by atoms with Crippen LogP contribution in [0.2, 0.25) is 0 Å². The fourth-order valence-corrected chi connectivity index (χ4v) is 2.28. The zero-order chi connectivity index (χ0) is 11.7. The number of carboxylic acids is 1. The van der Waals surface area contributed by atoms with Crippen molar-refractivity contribution in [3.8, 4) is 0 Å². The number of hydrogen-bond donors (Lipinski definition) is 1. The minimum absolute atomic E-state index is 0.0304. The summed E-state index contributed by atoms with van der Waals surface area (Å²) in [6.45, 7) is 0.814. The summed E-state index contributed by atoms with van der Waals surface area (Å²) in [5.41, 5.74) is 0. The Morgan fingerprint density at radius 2 is 2.19 bits per heavy atom. The number of aliphatic carboxylic acids is 1. The molecule has 1 N–H and O–H groups in total. The number of rotatable bonds is 3. The lowest BCUT2D eigenvalue weighted by molar-refractivity contribution is -0.154. The molecule has 0 bridgehead atoms. The van der Waals surface area contributed by atoms with Crippen molar-refractivity contribution in [1.82, 2.24) is 9.80 Å². The molecule has 6 nitrogen and oxygen atoms in total. The lowest BCUT2D eigenvalue weighted by Gasteiger charge is -2.36. The van der Waals surface area contributed by atoms with E-state index in [-0.39, 0.29) is 37.4 Å². The molecule has 6 heteroatoms. The van der Waals surface area contributed by atoms with Crippen molar-refractivity contribution in [3.05, 3.63) is 0 Å². The Hall–Kier alpha value is -1.59. The van der Waals surface area contributed by atoms with Crippen molar-refractivity contribution >= 4 is 17.8 Å². The van der Waals surface area contributed by atoms with Gasteiger partial charge in [-0.15, -0.1) is 0 Å². The summed E-state index contributed by atoms with van der Waals surface area (Å²) in [5, 5.41) is 8.55. The predicted molar refractivity (Wildman–Crippen MR) is 53.6 cm³/mol. The van der Waals surface area contributed by atoms with Gasteiger partial charge in [-0.2, -0.15) is 0 Å². The molecule has 2 aliphatic rings. The van der Waals surface area contributed by atoms with Crippen LogP contribution in [0, 0.1) is 0 Å². The number of piperazine rings is 1. The van der Waals surface area contributed by atoms with Crippen LogP contribution in [0.4, 0.5) is 0 Å². The molecule has 2 saturated heterocycles. The molecule has 88 valence electrons. The molecule has 0 radical (unpaired) electrons. The number of hydrogen-bond acceptors (Lipinski definition) is 3. The van der Waals surface area contributed by atoms with E-state index in [9.17, 15) is 14.4 Å². The maximum absolute atomic E-state index is 11.9. The third kappa shape index (κ3) is 1.87. The molecular formula is C10H14N2O4. The van der Waals surface area contributed by atoms with E-state index in [0.29, 0.717) is 13.0 Å². The van der Waals surface area contributed by atoms with Crippen molar-refractivity contribution in [3.63, 3.8) is 0 Å². The zero-order valence-corrected chi connectivity index (χ0v) is 8.89. The van der Waals surface area contributed by atoms with Gasteiger partial charge in [0.2, 0.25) is 11.8 Å². The van der Waals surface area contributed by atoms with Gasteiger partial charge in [-0.3, -0.25) is 14.4 Å². The van der Waals surface area contributed by atoms with Crippen molar-refractivity contribution in [2.24, 2.45) is 0 Å². The first kappa shape index (κ1) is 10.9. The summed E-state index contributed by atoms with van der Waals surface area (Å²) in [4.78, 5) is 37.0. The zero-order valence-electron chi connectivity index (χ0n) is 8.89. The molecule has 0 aliphatic carbocycles. The summed E-state index contributed by atoms with van der Waals surface area (Å²) >= 11 is 0. The van der Waals surface area contributed by atoms with Crippen molar-refractivity contribution in [2.75, 3.05) is 19.6 Å². The molecule has 0 aromatic heterocycles. The standard InChI is InChI=1S/C10H14N2O4/c13-8-6-11(5-3-9(14)15)10(16)7-2-1-4-12(7)8/h7H,1-6H2,(H,14,15). The second kappa shape index (κ2) is 4.11. The van der Waals surface area contributed by atoms with Gasteiger partial charge in [0.15, 0.2) is 0 Å². The highest BCUT2D eigenvalue weighted by atomic mass is 16.4. The Balaban J connectivity index is 2.02. The Bertz CT molecular complexity index is 342. The van der Waals surface area contributed by atoms with Gasteiger partial charge in [0, 0.05) is 13.1 Å². The molecule has 2 heterocycles. The molecule has 2 amide bonds. The van der Waals surface area contributed by atoms with Crippen LogP contribution in [0.15, 0.2) is 0 Å². The summed E-state index contributed by atoms with van der Waals surface area (Å²) in [5.74, 6) is -1.11. The smallest absolute Gasteiger partial charge is 0.305 e. The normalized spacial score (nSPS) is 24.9. The van der Waals surface area contributed by atoms with Gasteiger partial charge in [-0.25, -0.2) is 0 Å². The van der Waals surface area contributed by atoms with Crippen molar-refractivity contribution < 1.29 is 19.5 Å². The fourth-order valence-electron chi connectivity index (χ4n) is 2.28. The van der Waals surface area contributed by atoms with E-state index in [4.69, 9.17) is 5.11 Å². The number of nitrogens with zero attached hydrogens (tertiary/aromatic N) is 2. The van der Waals surface area contributed by atoms with Crippen LogP contribution >= 0.6 is 0 Å². The molecule has 0 spiro atoms. The van der Waals surface area contributed by atoms with E-state index in [2.05, 4.69) is 0 Å². The second-order valence-corrected chi connectivity index (χ2v) is 4.15. The van der Waals surface area contributed by atoms with Gasteiger partial charge >= 0.3 is 5.97 Å². The van der Waals surface area contributed by atoms with Crippen molar-refractivity contribution in [2.45, 2.75) is 25.3 Å².